The Morgan fingerprint density at radius 1 is 1.03 bits per heavy atom. The fourth-order valence-electron chi connectivity index (χ4n) is 4.09. The second kappa shape index (κ2) is 11.8. The summed E-state index contributed by atoms with van der Waals surface area (Å²) in [4.78, 5) is 27.7. The molecule has 1 aromatic carbocycles. The third-order valence-electron chi connectivity index (χ3n) is 5.68. The predicted molar refractivity (Wildman–Crippen MR) is 119 cm³/mol. The number of hydrogen-bond donors (Lipinski definition) is 3. The molecule has 3 amide bonds. The van der Waals surface area contributed by atoms with Crippen LogP contribution in [0.15, 0.2) is 29.2 Å². The number of amides is 3. The van der Waals surface area contributed by atoms with Gasteiger partial charge in [-0.1, -0.05) is 31.4 Å². The highest BCUT2D eigenvalue weighted by Gasteiger charge is 2.23. The maximum atomic E-state index is 12.5. The Morgan fingerprint density at radius 2 is 1.70 bits per heavy atom. The molecule has 30 heavy (non-hydrogen) atoms. The first-order valence-electron chi connectivity index (χ1n) is 10.8. The van der Waals surface area contributed by atoms with Crippen molar-refractivity contribution in [2.75, 3.05) is 30.7 Å². The number of piperidine rings is 1. The van der Waals surface area contributed by atoms with Gasteiger partial charge in [-0.25, -0.2) is 4.79 Å². The number of para-hydroxylation sites is 1. The van der Waals surface area contributed by atoms with Crippen LogP contribution in [0.2, 0.25) is 0 Å². The second-order valence-electron chi connectivity index (χ2n) is 7.99. The zero-order valence-electron chi connectivity index (χ0n) is 17.4. The minimum atomic E-state index is -0.0542. The average molecular weight is 430 g/mol. The largest absolute Gasteiger partial charge is 0.335 e. The normalized spacial score (nSPS) is 18.4. The summed E-state index contributed by atoms with van der Waals surface area (Å²) < 4.78 is 0. The first kappa shape index (κ1) is 22.4. The van der Waals surface area contributed by atoms with Gasteiger partial charge in [0.05, 0.1) is 24.1 Å². The van der Waals surface area contributed by atoms with E-state index in [9.17, 15) is 9.59 Å². The van der Waals surface area contributed by atoms with Crippen molar-refractivity contribution in [1.82, 2.24) is 15.5 Å². The molecule has 1 aliphatic heterocycles. The third kappa shape index (κ3) is 7.22. The number of rotatable bonds is 7. The number of anilines is 1. The summed E-state index contributed by atoms with van der Waals surface area (Å²) >= 11 is 1.42. The molecule has 8 heteroatoms. The first-order chi connectivity index (χ1) is 14.6. The number of carbonyl (C=O) groups is 2. The van der Waals surface area contributed by atoms with Crippen molar-refractivity contribution in [3.63, 3.8) is 0 Å². The summed E-state index contributed by atoms with van der Waals surface area (Å²) in [6.07, 6.45) is 7.54. The Kier molecular flexibility index (Phi) is 8.84. The molecule has 1 saturated heterocycles. The molecule has 1 aromatic rings. The van der Waals surface area contributed by atoms with Crippen LogP contribution < -0.4 is 16.0 Å². The van der Waals surface area contributed by atoms with Gasteiger partial charge in [0, 0.05) is 30.1 Å². The lowest BCUT2D eigenvalue weighted by Gasteiger charge is -2.32. The number of benzene rings is 1. The van der Waals surface area contributed by atoms with E-state index < -0.39 is 0 Å². The van der Waals surface area contributed by atoms with Crippen molar-refractivity contribution in [2.24, 2.45) is 0 Å². The van der Waals surface area contributed by atoms with E-state index in [-0.39, 0.29) is 18.0 Å². The molecule has 162 valence electrons. The SMILES string of the molecule is N#CCSc1ccccc1NC(=O)CN1CCC(NC(=O)NC2CCCCC2)CC1. The Bertz CT molecular complexity index is 752. The molecule has 0 spiro atoms. The molecule has 2 fully saturated rings. The van der Waals surface area contributed by atoms with Crippen LogP contribution in [0.5, 0.6) is 0 Å². The van der Waals surface area contributed by atoms with Crippen LogP contribution in [-0.4, -0.2) is 54.3 Å². The maximum Gasteiger partial charge on any atom is 0.315 e. The number of likely N-dealkylation sites (tertiary alicyclic amines) is 1. The molecule has 1 heterocycles. The highest BCUT2D eigenvalue weighted by Crippen LogP contribution is 2.26. The molecule has 0 atom stereocenters. The summed E-state index contributed by atoms with van der Waals surface area (Å²) in [5, 5.41) is 18.0. The van der Waals surface area contributed by atoms with Crippen LogP contribution >= 0.6 is 11.8 Å². The molecule has 3 N–H and O–H groups in total. The maximum absolute atomic E-state index is 12.5. The number of nitrogens with one attached hydrogen (secondary N) is 3. The first-order valence-corrected chi connectivity index (χ1v) is 11.8. The lowest BCUT2D eigenvalue weighted by atomic mass is 9.96. The van der Waals surface area contributed by atoms with Gasteiger partial charge in [-0.15, -0.1) is 11.8 Å². The molecule has 3 rings (SSSR count). The van der Waals surface area contributed by atoms with E-state index >= 15 is 0 Å². The third-order valence-corrected chi connectivity index (χ3v) is 6.62. The van der Waals surface area contributed by atoms with Crippen LogP contribution in [0.1, 0.15) is 44.9 Å². The molecule has 0 aromatic heterocycles. The smallest absolute Gasteiger partial charge is 0.315 e. The van der Waals surface area contributed by atoms with Gasteiger partial charge in [0.2, 0.25) is 5.91 Å². The molecular formula is C22H31N5O2S. The fourth-order valence-corrected chi connectivity index (χ4v) is 4.76. The number of nitrogens with zero attached hydrogens (tertiary/aromatic N) is 2. The monoisotopic (exact) mass is 429 g/mol. The fraction of sp³-hybridized carbons (Fsp3) is 0.591. The molecular weight excluding hydrogens is 398 g/mol. The molecule has 1 saturated carbocycles. The molecule has 1 aliphatic carbocycles. The van der Waals surface area contributed by atoms with Gasteiger partial charge in [0.15, 0.2) is 0 Å². The van der Waals surface area contributed by atoms with Crippen molar-refractivity contribution in [1.29, 1.82) is 5.26 Å². The number of urea groups is 1. The molecule has 0 radical (unpaired) electrons. The average Bonchev–Trinajstić information content (AvgIpc) is 2.75. The summed E-state index contributed by atoms with van der Waals surface area (Å²) in [6, 6.07) is 10.1. The second-order valence-corrected chi connectivity index (χ2v) is 9.01. The Balaban J connectivity index is 1.37. The van der Waals surface area contributed by atoms with E-state index in [1.807, 2.05) is 24.3 Å². The van der Waals surface area contributed by atoms with Crippen LogP contribution in [0.25, 0.3) is 0 Å². The quantitative estimate of drug-likeness (QED) is 0.578. The van der Waals surface area contributed by atoms with Gasteiger partial charge in [0.25, 0.3) is 0 Å². The van der Waals surface area contributed by atoms with E-state index in [0.29, 0.717) is 18.3 Å². The molecule has 0 bridgehead atoms. The van der Waals surface area contributed by atoms with Crippen molar-refractivity contribution in [3.05, 3.63) is 24.3 Å². The van der Waals surface area contributed by atoms with Crippen LogP contribution in [0, 0.1) is 11.3 Å². The topological polar surface area (TPSA) is 97.3 Å². The van der Waals surface area contributed by atoms with Crippen molar-refractivity contribution in [2.45, 2.75) is 61.9 Å². The summed E-state index contributed by atoms with van der Waals surface area (Å²) in [7, 11) is 0. The Hall–Kier alpha value is -2.24. The van der Waals surface area contributed by atoms with E-state index in [4.69, 9.17) is 5.26 Å². The van der Waals surface area contributed by atoms with E-state index in [1.54, 1.807) is 0 Å². The van der Waals surface area contributed by atoms with Crippen LogP contribution in [-0.2, 0) is 4.79 Å². The van der Waals surface area contributed by atoms with Gasteiger partial charge >= 0.3 is 6.03 Å². The summed E-state index contributed by atoms with van der Waals surface area (Å²) in [5.74, 6) is 0.295. The number of nitriles is 1. The number of carbonyl (C=O) groups excluding carboxylic acids is 2. The van der Waals surface area contributed by atoms with Crippen molar-refractivity contribution < 1.29 is 9.59 Å². The Morgan fingerprint density at radius 3 is 2.40 bits per heavy atom. The van der Waals surface area contributed by atoms with E-state index in [0.717, 1.165) is 49.4 Å². The van der Waals surface area contributed by atoms with Gasteiger partial charge in [-0.05, 0) is 37.8 Å². The minimum absolute atomic E-state index is 0.0513. The Labute approximate surface area is 183 Å². The van der Waals surface area contributed by atoms with Gasteiger partial charge in [-0.2, -0.15) is 5.26 Å². The van der Waals surface area contributed by atoms with Gasteiger partial charge in [0.1, 0.15) is 0 Å². The lowest BCUT2D eigenvalue weighted by molar-refractivity contribution is -0.117. The zero-order valence-corrected chi connectivity index (χ0v) is 18.2. The lowest BCUT2D eigenvalue weighted by Crippen LogP contribution is -2.51. The number of hydrogen-bond acceptors (Lipinski definition) is 5. The van der Waals surface area contributed by atoms with E-state index in [1.165, 1.54) is 31.0 Å². The van der Waals surface area contributed by atoms with Crippen molar-refractivity contribution >= 4 is 29.4 Å². The predicted octanol–water partition coefficient (Wildman–Crippen LogP) is 3.34. The minimum Gasteiger partial charge on any atom is -0.335 e. The molecule has 0 unspecified atom stereocenters. The van der Waals surface area contributed by atoms with Gasteiger partial charge < -0.3 is 16.0 Å². The van der Waals surface area contributed by atoms with Crippen molar-refractivity contribution in [3.8, 4) is 6.07 Å². The van der Waals surface area contributed by atoms with Gasteiger partial charge in [-0.3, -0.25) is 9.69 Å². The zero-order chi connectivity index (χ0) is 21.2. The van der Waals surface area contributed by atoms with E-state index in [2.05, 4.69) is 26.9 Å². The van der Waals surface area contributed by atoms with Crippen LogP contribution in [0.4, 0.5) is 10.5 Å². The van der Waals surface area contributed by atoms with Crippen LogP contribution in [0.3, 0.4) is 0 Å². The molecule has 2 aliphatic rings. The summed E-state index contributed by atoms with van der Waals surface area (Å²) in [6.45, 7) is 1.90. The summed E-state index contributed by atoms with van der Waals surface area (Å²) in [5.41, 5.74) is 0.749. The standard InChI is InChI=1S/C22H31N5O2S/c23-12-15-30-20-9-5-4-8-19(20)26-21(28)16-27-13-10-18(11-14-27)25-22(29)24-17-6-2-1-3-7-17/h4-5,8-9,17-18H,1-3,6-7,10-11,13-16H2,(H,26,28)(H2,24,25,29). The number of thioether (sulfide) groups is 1. The highest BCUT2D eigenvalue weighted by molar-refractivity contribution is 7.99. The molecule has 7 nitrogen and oxygen atoms in total. The highest BCUT2D eigenvalue weighted by atomic mass is 32.2.